The molecule has 8 nitrogen and oxygen atoms in total. The number of nitro benzene ring substituents is 1. The van der Waals surface area contributed by atoms with E-state index in [1.807, 2.05) is 0 Å². The van der Waals surface area contributed by atoms with Crippen LogP contribution in [0.15, 0.2) is 42.5 Å². The highest BCUT2D eigenvalue weighted by atomic mass is 35.5. The maximum atomic E-state index is 12.0. The second-order valence-electron chi connectivity index (χ2n) is 5.31. The number of hydrogen-bond donors (Lipinski definition) is 2. The van der Waals surface area contributed by atoms with Crippen LogP contribution in [0.4, 0.5) is 11.4 Å². The molecule has 2 rings (SSSR count). The number of amides is 1. The van der Waals surface area contributed by atoms with Crippen molar-refractivity contribution in [3.05, 3.63) is 63.2 Å². The molecule has 0 heterocycles. The van der Waals surface area contributed by atoms with Crippen molar-refractivity contribution in [3.8, 4) is 11.5 Å². The van der Waals surface area contributed by atoms with Gasteiger partial charge in [0.05, 0.1) is 29.9 Å². The van der Waals surface area contributed by atoms with E-state index in [-0.39, 0.29) is 15.8 Å². The van der Waals surface area contributed by atoms with Gasteiger partial charge < -0.3 is 14.8 Å². The summed E-state index contributed by atoms with van der Waals surface area (Å²) in [6.07, 6.45) is 2.88. The third-order valence-corrected chi connectivity index (χ3v) is 4.00. The van der Waals surface area contributed by atoms with Crippen LogP contribution >= 0.6 is 23.8 Å². The van der Waals surface area contributed by atoms with Gasteiger partial charge in [-0.05, 0) is 42.1 Å². The first kappa shape index (κ1) is 21.1. The number of thiocarbonyl (C=S) groups is 1. The third-order valence-electron chi connectivity index (χ3n) is 3.48. The zero-order valence-electron chi connectivity index (χ0n) is 14.9. The third kappa shape index (κ3) is 5.66. The zero-order chi connectivity index (χ0) is 20.7. The van der Waals surface area contributed by atoms with Crippen LogP contribution in [0.2, 0.25) is 5.02 Å². The van der Waals surface area contributed by atoms with E-state index in [2.05, 4.69) is 10.6 Å². The normalized spacial score (nSPS) is 10.4. The number of nitrogens with zero attached hydrogens (tertiary/aromatic N) is 1. The molecule has 0 saturated carbocycles. The van der Waals surface area contributed by atoms with Crippen LogP contribution in [0, 0.1) is 10.1 Å². The Balaban J connectivity index is 1.98. The monoisotopic (exact) mass is 421 g/mol. The van der Waals surface area contributed by atoms with Crippen LogP contribution in [0.5, 0.6) is 11.5 Å². The van der Waals surface area contributed by atoms with Gasteiger partial charge in [0.15, 0.2) is 16.6 Å². The number of carbonyl (C=O) groups is 1. The average molecular weight is 422 g/mol. The average Bonchev–Trinajstić information content (AvgIpc) is 2.67. The molecule has 2 aromatic carbocycles. The first-order valence-corrected chi connectivity index (χ1v) is 8.58. The number of nitrogens with one attached hydrogen (secondary N) is 2. The van der Waals surface area contributed by atoms with Gasteiger partial charge in [0.1, 0.15) is 0 Å². The second kappa shape index (κ2) is 9.67. The van der Waals surface area contributed by atoms with Gasteiger partial charge in [-0.25, -0.2) is 0 Å². The van der Waals surface area contributed by atoms with Crippen LogP contribution in [-0.4, -0.2) is 30.2 Å². The Bertz CT molecular complexity index is 949. The van der Waals surface area contributed by atoms with E-state index in [1.165, 1.54) is 38.5 Å². The van der Waals surface area contributed by atoms with Crippen molar-refractivity contribution in [1.82, 2.24) is 5.32 Å². The number of benzene rings is 2. The predicted octanol–water partition coefficient (Wildman–Crippen LogP) is 3.79. The molecule has 2 aromatic rings. The standard InChI is InChI=1S/C18H16ClN3O5S/c1-26-15-7-3-11(9-16(15)27-2)4-8-17(23)21-18(28)20-14-6-5-12(22(24)25)10-13(14)19/h3-10H,1-2H3,(H2,20,21,23,28). The molecule has 0 aliphatic rings. The number of hydrogen-bond acceptors (Lipinski definition) is 6. The summed E-state index contributed by atoms with van der Waals surface area (Å²) in [5, 5.41) is 16.0. The minimum absolute atomic E-state index is 0.00212. The number of nitro groups is 1. The highest BCUT2D eigenvalue weighted by molar-refractivity contribution is 7.80. The Kier molecular flexibility index (Phi) is 7.30. The topological polar surface area (TPSA) is 103 Å². The second-order valence-corrected chi connectivity index (χ2v) is 6.13. The summed E-state index contributed by atoms with van der Waals surface area (Å²) in [7, 11) is 3.05. The van der Waals surface area contributed by atoms with Crippen molar-refractivity contribution in [1.29, 1.82) is 0 Å². The smallest absolute Gasteiger partial charge is 0.271 e. The molecule has 0 aliphatic heterocycles. The van der Waals surface area contributed by atoms with Crippen molar-refractivity contribution in [2.75, 3.05) is 19.5 Å². The van der Waals surface area contributed by atoms with E-state index in [0.29, 0.717) is 17.2 Å². The number of non-ortho nitro benzene ring substituents is 1. The Morgan fingerprint density at radius 2 is 1.89 bits per heavy atom. The quantitative estimate of drug-likeness (QED) is 0.316. The fraction of sp³-hybridized carbons (Fsp3) is 0.111. The van der Waals surface area contributed by atoms with Gasteiger partial charge in [0.25, 0.3) is 5.69 Å². The largest absolute Gasteiger partial charge is 0.493 e. The van der Waals surface area contributed by atoms with Gasteiger partial charge in [0.2, 0.25) is 5.91 Å². The maximum absolute atomic E-state index is 12.0. The van der Waals surface area contributed by atoms with Gasteiger partial charge in [0, 0.05) is 18.2 Å². The number of halogens is 1. The molecular weight excluding hydrogens is 406 g/mol. The van der Waals surface area contributed by atoms with Gasteiger partial charge in [-0.1, -0.05) is 17.7 Å². The van der Waals surface area contributed by atoms with Crippen LogP contribution in [-0.2, 0) is 4.79 Å². The highest BCUT2D eigenvalue weighted by Crippen LogP contribution is 2.28. The number of rotatable bonds is 6. The number of carbonyl (C=O) groups excluding carboxylic acids is 1. The molecule has 146 valence electrons. The minimum Gasteiger partial charge on any atom is -0.493 e. The van der Waals surface area contributed by atoms with Crippen molar-refractivity contribution >= 4 is 52.3 Å². The number of methoxy groups -OCH3 is 2. The summed E-state index contributed by atoms with van der Waals surface area (Å²) in [6.45, 7) is 0. The molecule has 0 radical (unpaired) electrons. The van der Waals surface area contributed by atoms with Crippen molar-refractivity contribution in [3.63, 3.8) is 0 Å². The molecule has 0 unspecified atom stereocenters. The molecule has 0 aromatic heterocycles. The van der Waals surface area contributed by atoms with Crippen molar-refractivity contribution in [2.24, 2.45) is 0 Å². The Morgan fingerprint density at radius 1 is 1.18 bits per heavy atom. The molecule has 0 atom stereocenters. The van der Waals surface area contributed by atoms with Gasteiger partial charge >= 0.3 is 0 Å². The van der Waals surface area contributed by atoms with Crippen LogP contribution in [0.25, 0.3) is 6.08 Å². The molecule has 0 saturated heterocycles. The lowest BCUT2D eigenvalue weighted by Gasteiger charge is -2.09. The first-order valence-electron chi connectivity index (χ1n) is 7.80. The van der Waals surface area contributed by atoms with E-state index in [0.717, 1.165) is 5.56 Å². The van der Waals surface area contributed by atoms with Crippen LogP contribution in [0.3, 0.4) is 0 Å². The van der Waals surface area contributed by atoms with E-state index in [1.54, 1.807) is 24.3 Å². The van der Waals surface area contributed by atoms with Gasteiger partial charge in [-0.3, -0.25) is 20.2 Å². The summed E-state index contributed by atoms with van der Waals surface area (Å²) in [6, 6.07) is 9.06. The van der Waals surface area contributed by atoms with Crippen LogP contribution in [0.1, 0.15) is 5.56 Å². The van der Waals surface area contributed by atoms with Crippen LogP contribution < -0.4 is 20.1 Å². The summed E-state index contributed by atoms with van der Waals surface area (Å²) in [4.78, 5) is 22.2. The van der Waals surface area contributed by atoms with E-state index < -0.39 is 10.8 Å². The summed E-state index contributed by atoms with van der Waals surface area (Å²) >= 11 is 11.0. The fourth-order valence-electron chi connectivity index (χ4n) is 2.15. The lowest BCUT2D eigenvalue weighted by atomic mass is 10.2. The van der Waals surface area contributed by atoms with E-state index >= 15 is 0 Å². The lowest BCUT2D eigenvalue weighted by molar-refractivity contribution is -0.384. The number of ether oxygens (including phenoxy) is 2. The molecule has 2 N–H and O–H groups in total. The highest BCUT2D eigenvalue weighted by Gasteiger charge is 2.11. The Hall–Kier alpha value is -3.17. The lowest BCUT2D eigenvalue weighted by Crippen LogP contribution is -2.32. The maximum Gasteiger partial charge on any atom is 0.271 e. The van der Waals surface area contributed by atoms with E-state index in [9.17, 15) is 14.9 Å². The fourth-order valence-corrected chi connectivity index (χ4v) is 2.59. The predicted molar refractivity (Wildman–Crippen MR) is 111 cm³/mol. The SMILES string of the molecule is COc1ccc(C=CC(=O)NC(=S)Nc2ccc([N+](=O)[O-])cc2Cl)cc1OC. The van der Waals surface area contributed by atoms with Gasteiger partial charge in [-0.15, -0.1) is 0 Å². The molecule has 0 bridgehead atoms. The molecular formula is C18H16ClN3O5S. The minimum atomic E-state index is -0.561. The zero-order valence-corrected chi connectivity index (χ0v) is 16.5. The van der Waals surface area contributed by atoms with Gasteiger partial charge in [-0.2, -0.15) is 0 Å². The van der Waals surface area contributed by atoms with Crippen molar-refractivity contribution < 1.29 is 19.2 Å². The molecule has 28 heavy (non-hydrogen) atoms. The molecule has 0 spiro atoms. The summed E-state index contributed by atoms with van der Waals surface area (Å²) in [5.74, 6) is 0.648. The van der Waals surface area contributed by atoms with Crippen molar-refractivity contribution in [2.45, 2.75) is 0 Å². The molecule has 0 aliphatic carbocycles. The number of anilines is 1. The van der Waals surface area contributed by atoms with E-state index in [4.69, 9.17) is 33.3 Å². The summed E-state index contributed by atoms with van der Waals surface area (Å²) in [5.41, 5.74) is 0.912. The molecule has 1 amide bonds. The Labute approximate surface area is 171 Å². The molecule has 10 heteroatoms. The summed E-state index contributed by atoms with van der Waals surface area (Å²) < 4.78 is 10.4. The molecule has 0 fully saturated rings. The Morgan fingerprint density at radius 3 is 2.50 bits per heavy atom. The first-order chi connectivity index (χ1) is 13.3.